The quantitative estimate of drug-likeness (QED) is 0.525. The van der Waals surface area contributed by atoms with Gasteiger partial charge in [0.25, 0.3) is 11.8 Å². The van der Waals surface area contributed by atoms with Crippen molar-refractivity contribution < 1.29 is 33.4 Å². The molecule has 172 valence electrons. The lowest BCUT2D eigenvalue weighted by Gasteiger charge is -2.43. The van der Waals surface area contributed by atoms with Crippen molar-refractivity contribution in [2.45, 2.75) is 45.6 Å². The average molecular weight is 445 g/mol. The molecule has 0 unspecified atom stereocenters. The monoisotopic (exact) mass is 445 g/mol. The van der Waals surface area contributed by atoms with Crippen molar-refractivity contribution in [1.29, 1.82) is 0 Å². The van der Waals surface area contributed by atoms with Crippen molar-refractivity contribution in [3.05, 3.63) is 18.2 Å². The van der Waals surface area contributed by atoms with Gasteiger partial charge in [-0.15, -0.1) is 0 Å². The molecule has 0 bridgehead atoms. The first kappa shape index (κ1) is 21.9. The van der Waals surface area contributed by atoms with Gasteiger partial charge in [0.05, 0.1) is 0 Å². The van der Waals surface area contributed by atoms with Crippen LogP contribution in [-0.2, 0) is 19.1 Å². The summed E-state index contributed by atoms with van der Waals surface area (Å²) in [7, 11) is 0. The van der Waals surface area contributed by atoms with Crippen LogP contribution in [0.4, 0.5) is 10.5 Å². The van der Waals surface area contributed by atoms with Gasteiger partial charge in [0.1, 0.15) is 12.1 Å². The second-order valence-electron chi connectivity index (χ2n) is 9.53. The Bertz CT molecular complexity index is 976. The number of rotatable bonds is 5. The lowest BCUT2D eigenvalue weighted by molar-refractivity contribution is -0.150. The molecule has 10 nitrogen and oxygen atoms in total. The Kier molecular flexibility index (Phi) is 5.47. The fraction of sp³-hybridized carbons (Fsp3) is 0.545. The summed E-state index contributed by atoms with van der Waals surface area (Å²) in [5.41, 5.74) is -0.639. The number of hydrogen-bond donors (Lipinski definition) is 2. The van der Waals surface area contributed by atoms with Crippen molar-refractivity contribution in [1.82, 2.24) is 10.2 Å². The molecule has 2 fully saturated rings. The molecule has 32 heavy (non-hydrogen) atoms. The zero-order valence-electron chi connectivity index (χ0n) is 18.4. The summed E-state index contributed by atoms with van der Waals surface area (Å²) < 4.78 is 15.4. The summed E-state index contributed by atoms with van der Waals surface area (Å²) in [4.78, 5) is 50.8. The van der Waals surface area contributed by atoms with Crippen LogP contribution >= 0.6 is 0 Å². The van der Waals surface area contributed by atoms with Gasteiger partial charge >= 0.3 is 12.0 Å². The molecule has 1 aromatic rings. The smallest absolute Gasteiger partial charge is 0.326 e. The molecule has 10 heteroatoms. The number of nitrogens with zero attached hydrogens (tertiary/aromatic N) is 1. The maximum Gasteiger partial charge on any atom is 0.326 e. The Balaban J connectivity index is 1.30. The molecule has 1 saturated heterocycles. The van der Waals surface area contributed by atoms with Crippen molar-refractivity contribution in [3.63, 3.8) is 0 Å². The summed E-state index contributed by atoms with van der Waals surface area (Å²) in [5, 5.41) is 5.39. The highest BCUT2D eigenvalue weighted by atomic mass is 16.7. The number of fused-ring (bicyclic) bond motifs is 1. The summed E-state index contributed by atoms with van der Waals surface area (Å²) in [6.45, 7) is 5.21. The van der Waals surface area contributed by atoms with E-state index in [9.17, 15) is 19.2 Å². The minimum atomic E-state index is -0.991. The van der Waals surface area contributed by atoms with Gasteiger partial charge in [-0.2, -0.15) is 0 Å². The summed E-state index contributed by atoms with van der Waals surface area (Å²) in [5.74, 6) is -0.467. The number of hydrogen-bond acceptors (Lipinski definition) is 7. The van der Waals surface area contributed by atoms with Crippen LogP contribution in [0.15, 0.2) is 18.2 Å². The predicted octanol–water partition coefficient (Wildman–Crippen LogP) is 2.03. The number of ether oxygens (including phenoxy) is 3. The molecular formula is C22H27N3O7. The van der Waals surface area contributed by atoms with E-state index in [2.05, 4.69) is 31.4 Å². The Labute approximate surface area is 185 Å². The molecule has 4 rings (SSSR count). The van der Waals surface area contributed by atoms with Gasteiger partial charge in [0.2, 0.25) is 6.79 Å². The maximum atomic E-state index is 13.1. The summed E-state index contributed by atoms with van der Waals surface area (Å²) in [6.07, 6.45) is 2.00. The molecule has 1 spiro atoms. The van der Waals surface area contributed by atoms with Crippen LogP contribution in [0, 0.1) is 11.3 Å². The maximum absolute atomic E-state index is 13.1. The lowest BCUT2D eigenvalue weighted by atomic mass is 9.64. The van der Waals surface area contributed by atoms with E-state index in [-0.39, 0.29) is 18.1 Å². The van der Waals surface area contributed by atoms with Crippen LogP contribution in [-0.4, -0.2) is 54.2 Å². The van der Waals surface area contributed by atoms with E-state index in [1.54, 1.807) is 18.2 Å². The first-order valence-corrected chi connectivity index (χ1v) is 10.6. The standard InChI is InChI=1S/C22H27N3O7/c1-13-7-21(2,3)11-22(8-13)19(28)25(20(29)24-22)9-18(27)30-10-17(26)23-14-4-5-15-16(6-14)32-12-31-15/h4-6,13H,7-12H2,1-3H3,(H,23,26)(H,24,29)/t13-,22-/m1/s1. The van der Waals surface area contributed by atoms with Crippen LogP contribution in [0.5, 0.6) is 11.5 Å². The van der Waals surface area contributed by atoms with Gasteiger partial charge in [0, 0.05) is 11.8 Å². The van der Waals surface area contributed by atoms with Gasteiger partial charge in [-0.1, -0.05) is 20.8 Å². The number of amides is 4. The summed E-state index contributed by atoms with van der Waals surface area (Å²) in [6, 6.07) is 4.28. The molecule has 0 aromatic heterocycles. The molecular weight excluding hydrogens is 418 g/mol. The van der Waals surface area contributed by atoms with E-state index in [0.29, 0.717) is 30.0 Å². The molecule has 2 N–H and O–H groups in total. The fourth-order valence-electron chi connectivity index (χ4n) is 5.14. The minimum absolute atomic E-state index is 0.107. The highest BCUT2D eigenvalue weighted by Gasteiger charge is 2.56. The van der Waals surface area contributed by atoms with Crippen LogP contribution in [0.3, 0.4) is 0 Å². The van der Waals surface area contributed by atoms with Crippen LogP contribution < -0.4 is 20.1 Å². The number of anilines is 1. The first-order chi connectivity index (χ1) is 15.1. The zero-order chi connectivity index (χ0) is 23.1. The van der Waals surface area contributed by atoms with Crippen molar-refractivity contribution in [2.75, 3.05) is 25.3 Å². The normalized spacial score (nSPS) is 25.6. The largest absolute Gasteiger partial charge is 0.454 e. The van der Waals surface area contributed by atoms with E-state index in [4.69, 9.17) is 14.2 Å². The van der Waals surface area contributed by atoms with Gasteiger partial charge in [-0.25, -0.2) is 4.79 Å². The number of esters is 1. The van der Waals surface area contributed by atoms with E-state index in [0.717, 1.165) is 11.3 Å². The third-order valence-electron chi connectivity index (χ3n) is 5.93. The summed E-state index contributed by atoms with van der Waals surface area (Å²) >= 11 is 0. The topological polar surface area (TPSA) is 123 Å². The minimum Gasteiger partial charge on any atom is -0.454 e. The molecule has 3 aliphatic rings. The molecule has 1 saturated carbocycles. The van der Waals surface area contributed by atoms with E-state index < -0.39 is 42.5 Å². The first-order valence-electron chi connectivity index (χ1n) is 10.6. The average Bonchev–Trinajstić information content (AvgIpc) is 3.23. The number of carbonyl (C=O) groups excluding carboxylic acids is 4. The number of imide groups is 1. The van der Waals surface area contributed by atoms with Crippen LogP contribution in [0.25, 0.3) is 0 Å². The molecule has 1 aliphatic carbocycles. The number of urea groups is 1. The van der Waals surface area contributed by atoms with Gasteiger partial charge in [0.15, 0.2) is 18.1 Å². The predicted molar refractivity (Wildman–Crippen MR) is 112 cm³/mol. The van der Waals surface area contributed by atoms with Gasteiger partial charge in [-0.3, -0.25) is 19.3 Å². The second kappa shape index (κ2) is 7.99. The third kappa shape index (κ3) is 4.35. The Hall–Kier alpha value is -3.30. The number of benzene rings is 1. The number of carbonyl (C=O) groups is 4. The highest BCUT2D eigenvalue weighted by Crippen LogP contribution is 2.46. The Morgan fingerprint density at radius 3 is 2.72 bits per heavy atom. The van der Waals surface area contributed by atoms with E-state index in [1.165, 1.54) is 0 Å². The SMILES string of the molecule is C[C@@H]1CC(C)(C)C[C@@]2(C1)NC(=O)N(CC(=O)OCC(=O)Nc1ccc3c(c1)OCO3)C2=O. The lowest BCUT2D eigenvalue weighted by Crippen LogP contribution is -2.54. The molecule has 0 radical (unpaired) electrons. The molecule has 2 heterocycles. The second-order valence-corrected chi connectivity index (χ2v) is 9.53. The van der Waals surface area contributed by atoms with Gasteiger partial charge < -0.3 is 24.8 Å². The molecule has 1 aromatic carbocycles. The third-order valence-corrected chi connectivity index (χ3v) is 5.93. The van der Waals surface area contributed by atoms with E-state index >= 15 is 0 Å². The Morgan fingerprint density at radius 1 is 1.22 bits per heavy atom. The van der Waals surface area contributed by atoms with Crippen molar-refractivity contribution in [3.8, 4) is 11.5 Å². The van der Waals surface area contributed by atoms with Crippen molar-refractivity contribution in [2.24, 2.45) is 11.3 Å². The van der Waals surface area contributed by atoms with Crippen LogP contribution in [0.1, 0.15) is 40.0 Å². The Morgan fingerprint density at radius 2 is 1.97 bits per heavy atom. The molecule has 2 aliphatic heterocycles. The van der Waals surface area contributed by atoms with Crippen LogP contribution in [0.2, 0.25) is 0 Å². The molecule has 2 atom stereocenters. The van der Waals surface area contributed by atoms with Crippen molar-refractivity contribution >= 4 is 29.5 Å². The van der Waals surface area contributed by atoms with E-state index in [1.807, 2.05) is 0 Å². The number of nitrogens with one attached hydrogen (secondary N) is 2. The molecule has 4 amide bonds. The highest BCUT2D eigenvalue weighted by molar-refractivity contribution is 6.09. The van der Waals surface area contributed by atoms with Gasteiger partial charge in [-0.05, 0) is 42.7 Å². The fourth-order valence-corrected chi connectivity index (χ4v) is 5.14. The zero-order valence-corrected chi connectivity index (χ0v) is 18.4.